The molecule has 0 N–H and O–H groups in total. The fourth-order valence-corrected chi connectivity index (χ4v) is 4.40. The SMILES string of the molecule is COc1ccc(-n2nc(C(F)(F)F)c3c2C(=O)N(CCCC(C)C(C)CN(C)C)CC3)cc1. The van der Waals surface area contributed by atoms with Gasteiger partial charge >= 0.3 is 6.18 Å². The third kappa shape index (κ3) is 5.69. The monoisotopic (exact) mass is 466 g/mol. The minimum atomic E-state index is -4.62. The number of nitrogens with zero attached hydrogens (tertiary/aromatic N) is 4. The van der Waals surface area contributed by atoms with E-state index in [0.29, 0.717) is 29.8 Å². The average Bonchev–Trinajstić information content (AvgIpc) is 3.16. The first kappa shape index (κ1) is 25.1. The van der Waals surface area contributed by atoms with Gasteiger partial charge in [0.2, 0.25) is 0 Å². The van der Waals surface area contributed by atoms with Gasteiger partial charge in [0.15, 0.2) is 5.69 Å². The number of carbonyl (C=O) groups is 1. The molecule has 33 heavy (non-hydrogen) atoms. The normalized spacial score (nSPS) is 16.2. The minimum Gasteiger partial charge on any atom is -0.497 e. The first-order valence-corrected chi connectivity index (χ1v) is 11.3. The smallest absolute Gasteiger partial charge is 0.435 e. The second-order valence-electron chi connectivity index (χ2n) is 9.18. The molecule has 1 aliphatic rings. The molecule has 2 heterocycles. The molecule has 2 aromatic rings. The Morgan fingerprint density at radius 1 is 1.15 bits per heavy atom. The van der Waals surface area contributed by atoms with Gasteiger partial charge in [-0.15, -0.1) is 0 Å². The number of amides is 1. The number of methoxy groups -OCH3 is 1. The van der Waals surface area contributed by atoms with Gasteiger partial charge in [-0.2, -0.15) is 18.3 Å². The third-order valence-electron chi connectivity index (χ3n) is 6.40. The predicted octanol–water partition coefficient (Wildman–Crippen LogP) is 4.51. The van der Waals surface area contributed by atoms with Gasteiger partial charge in [0, 0.05) is 25.2 Å². The van der Waals surface area contributed by atoms with Gasteiger partial charge in [-0.1, -0.05) is 13.8 Å². The predicted molar refractivity (Wildman–Crippen MR) is 121 cm³/mol. The lowest BCUT2D eigenvalue weighted by molar-refractivity contribution is -0.142. The first-order valence-electron chi connectivity index (χ1n) is 11.3. The zero-order valence-electron chi connectivity index (χ0n) is 19.9. The summed E-state index contributed by atoms with van der Waals surface area (Å²) in [5.41, 5.74) is -0.600. The fraction of sp³-hybridized carbons (Fsp3) is 0.583. The third-order valence-corrected chi connectivity index (χ3v) is 6.40. The summed E-state index contributed by atoms with van der Waals surface area (Å²) in [6, 6.07) is 6.48. The Morgan fingerprint density at radius 3 is 2.39 bits per heavy atom. The van der Waals surface area contributed by atoms with Crippen molar-refractivity contribution in [1.82, 2.24) is 19.6 Å². The van der Waals surface area contributed by atoms with Gasteiger partial charge in [-0.05, 0) is 69.5 Å². The van der Waals surface area contributed by atoms with Gasteiger partial charge in [0.25, 0.3) is 5.91 Å². The number of benzene rings is 1. The Hall–Kier alpha value is -2.55. The molecule has 0 saturated heterocycles. The molecule has 0 aliphatic carbocycles. The van der Waals surface area contributed by atoms with Crippen LogP contribution >= 0.6 is 0 Å². The van der Waals surface area contributed by atoms with Crippen molar-refractivity contribution in [2.24, 2.45) is 11.8 Å². The Balaban J connectivity index is 1.81. The maximum atomic E-state index is 13.7. The highest BCUT2D eigenvalue weighted by Gasteiger charge is 2.43. The summed E-state index contributed by atoms with van der Waals surface area (Å²) in [5, 5.41) is 3.83. The van der Waals surface area contributed by atoms with E-state index in [2.05, 4.69) is 23.8 Å². The van der Waals surface area contributed by atoms with E-state index in [1.165, 1.54) is 7.11 Å². The quantitative estimate of drug-likeness (QED) is 0.546. The van der Waals surface area contributed by atoms with Crippen molar-refractivity contribution in [2.75, 3.05) is 40.8 Å². The van der Waals surface area contributed by atoms with Crippen molar-refractivity contribution in [3.63, 3.8) is 0 Å². The Kier molecular flexibility index (Phi) is 7.72. The van der Waals surface area contributed by atoms with E-state index >= 15 is 0 Å². The number of carbonyl (C=O) groups excluding carboxylic acids is 1. The molecular weight excluding hydrogens is 433 g/mol. The van der Waals surface area contributed by atoms with Crippen molar-refractivity contribution < 1.29 is 22.7 Å². The van der Waals surface area contributed by atoms with Crippen LogP contribution in [0.4, 0.5) is 13.2 Å². The molecule has 182 valence electrons. The Morgan fingerprint density at radius 2 is 1.82 bits per heavy atom. The zero-order valence-corrected chi connectivity index (χ0v) is 19.9. The van der Waals surface area contributed by atoms with Crippen LogP contribution in [0.1, 0.15) is 48.4 Å². The maximum Gasteiger partial charge on any atom is 0.435 e. The standard InChI is InChI=1S/C24H33F3N4O2/c1-16(17(2)15-29(3)4)7-6-13-30-14-12-20-21(23(30)32)31(28-22(20)24(25,26)27)18-8-10-19(33-5)11-9-18/h8-11,16-17H,6-7,12-15H2,1-5H3. The van der Waals surface area contributed by atoms with E-state index in [1.54, 1.807) is 29.2 Å². The van der Waals surface area contributed by atoms with Gasteiger partial charge in [-0.3, -0.25) is 4.79 Å². The van der Waals surface area contributed by atoms with Crippen molar-refractivity contribution in [3.8, 4) is 11.4 Å². The van der Waals surface area contributed by atoms with E-state index in [4.69, 9.17) is 4.74 Å². The summed E-state index contributed by atoms with van der Waals surface area (Å²) < 4.78 is 47.3. The fourth-order valence-electron chi connectivity index (χ4n) is 4.40. The molecule has 0 spiro atoms. The highest BCUT2D eigenvalue weighted by molar-refractivity contribution is 5.96. The van der Waals surface area contributed by atoms with Crippen LogP contribution in [0.5, 0.6) is 5.75 Å². The number of rotatable bonds is 9. The molecule has 3 rings (SSSR count). The lowest BCUT2D eigenvalue weighted by atomic mass is 9.91. The summed E-state index contributed by atoms with van der Waals surface area (Å²) in [6.07, 6.45) is -2.72. The largest absolute Gasteiger partial charge is 0.497 e. The van der Waals surface area contributed by atoms with Crippen LogP contribution in [0.3, 0.4) is 0 Å². The van der Waals surface area contributed by atoms with Crippen LogP contribution in [0, 0.1) is 11.8 Å². The Bertz CT molecular complexity index is 954. The topological polar surface area (TPSA) is 50.6 Å². The second-order valence-corrected chi connectivity index (χ2v) is 9.18. The van der Waals surface area contributed by atoms with E-state index in [1.807, 2.05) is 14.1 Å². The molecule has 9 heteroatoms. The van der Waals surface area contributed by atoms with Crippen LogP contribution in [0.15, 0.2) is 24.3 Å². The van der Waals surface area contributed by atoms with Crippen molar-refractivity contribution in [3.05, 3.63) is 41.2 Å². The molecule has 0 fully saturated rings. The first-order chi connectivity index (χ1) is 15.5. The molecule has 1 amide bonds. The van der Waals surface area contributed by atoms with Crippen LogP contribution in [-0.2, 0) is 12.6 Å². The van der Waals surface area contributed by atoms with Gasteiger partial charge < -0.3 is 14.5 Å². The van der Waals surface area contributed by atoms with Gasteiger partial charge in [-0.25, -0.2) is 4.68 Å². The molecule has 1 aromatic carbocycles. The summed E-state index contributed by atoms with van der Waals surface area (Å²) >= 11 is 0. The number of halogens is 3. The van der Waals surface area contributed by atoms with Crippen LogP contribution in [0.25, 0.3) is 5.69 Å². The molecule has 0 bridgehead atoms. The molecule has 2 unspecified atom stereocenters. The number of fused-ring (bicyclic) bond motifs is 1. The highest BCUT2D eigenvalue weighted by atomic mass is 19.4. The van der Waals surface area contributed by atoms with Gasteiger partial charge in [0.05, 0.1) is 12.8 Å². The number of aromatic nitrogens is 2. The molecular formula is C24H33F3N4O2. The molecule has 6 nitrogen and oxygen atoms in total. The van der Waals surface area contributed by atoms with E-state index in [-0.39, 0.29) is 24.2 Å². The molecule has 0 saturated carbocycles. The highest BCUT2D eigenvalue weighted by Crippen LogP contribution is 2.36. The van der Waals surface area contributed by atoms with Crippen LogP contribution < -0.4 is 4.74 Å². The number of hydrogen-bond acceptors (Lipinski definition) is 4. The summed E-state index contributed by atoms with van der Waals surface area (Å²) in [4.78, 5) is 17.1. The second kappa shape index (κ2) is 10.2. The number of ether oxygens (including phenoxy) is 1. The zero-order chi connectivity index (χ0) is 24.3. The van der Waals surface area contributed by atoms with Crippen molar-refractivity contribution in [2.45, 2.75) is 39.3 Å². The molecule has 1 aromatic heterocycles. The average molecular weight is 467 g/mol. The summed E-state index contributed by atoms with van der Waals surface area (Å²) in [7, 11) is 5.61. The van der Waals surface area contributed by atoms with E-state index in [0.717, 1.165) is 24.1 Å². The van der Waals surface area contributed by atoms with Crippen molar-refractivity contribution >= 4 is 5.91 Å². The molecule has 2 atom stereocenters. The van der Waals surface area contributed by atoms with Crippen molar-refractivity contribution in [1.29, 1.82) is 0 Å². The Labute approximate surface area is 193 Å². The lowest BCUT2D eigenvalue weighted by Crippen LogP contribution is -2.39. The molecule has 0 radical (unpaired) electrons. The van der Waals surface area contributed by atoms with E-state index < -0.39 is 17.8 Å². The lowest BCUT2D eigenvalue weighted by Gasteiger charge is -2.29. The number of hydrogen-bond donors (Lipinski definition) is 0. The summed E-state index contributed by atoms with van der Waals surface area (Å²) in [6.45, 7) is 6.21. The van der Waals surface area contributed by atoms with Crippen LogP contribution in [-0.4, -0.2) is 66.3 Å². The summed E-state index contributed by atoms with van der Waals surface area (Å²) in [5.74, 6) is 1.18. The molecule has 1 aliphatic heterocycles. The number of alkyl halides is 3. The van der Waals surface area contributed by atoms with Crippen LogP contribution in [0.2, 0.25) is 0 Å². The van der Waals surface area contributed by atoms with Gasteiger partial charge in [0.1, 0.15) is 11.4 Å². The van der Waals surface area contributed by atoms with E-state index in [9.17, 15) is 18.0 Å². The minimum absolute atomic E-state index is 0.00719. The maximum absolute atomic E-state index is 13.7.